The van der Waals surface area contributed by atoms with Crippen molar-refractivity contribution in [2.45, 2.75) is 25.9 Å². The van der Waals surface area contributed by atoms with Gasteiger partial charge in [-0.15, -0.1) is 10.2 Å². The molecule has 2 heterocycles. The lowest BCUT2D eigenvalue weighted by Crippen LogP contribution is -2.31. The fourth-order valence-corrected chi connectivity index (χ4v) is 2.62. The molecule has 0 amide bonds. The first-order valence-corrected chi connectivity index (χ1v) is 6.45. The van der Waals surface area contributed by atoms with E-state index in [1.54, 1.807) is 11.3 Å². The van der Waals surface area contributed by atoms with Crippen LogP contribution in [-0.4, -0.2) is 47.9 Å². The summed E-state index contributed by atoms with van der Waals surface area (Å²) >= 11 is 1.63. The average Bonchev–Trinajstić information content (AvgIpc) is 2.89. The van der Waals surface area contributed by atoms with E-state index >= 15 is 0 Å². The van der Waals surface area contributed by atoms with Gasteiger partial charge in [-0.2, -0.15) is 0 Å². The predicted molar refractivity (Wildman–Crippen MR) is 64.8 cm³/mol. The molecule has 16 heavy (non-hydrogen) atoms. The number of likely N-dealkylation sites (N-methyl/N-ethyl adjacent to an activating group) is 1. The maximum Gasteiger partial charge on any atom is 0.205 e. The maximum absolute atomic E-state index is 5.37. The molecule has 1 aromatic rings. The Balaban J connectivity index is 1.87. The molecular weight excluding hydrogens is 224 g/mol. The van der Waals surface area contributed by atoms with E-state index in [0.29, 0.717) is 6.04 Å². The van der Waals surface area contributed by atoms with Crippen molar-refractivity contribution in [3.05, 3.63) is 5.01 Å². The van der Waals surface area contributed by atoms with Gasteiger partial charge in [0.15, 0.2) is 0 Å². The summed E-state index contributed by atoms with van der Waals surface area (Å²) in [7, 11) is 2.12. The summed E-state index contributed by atoms with van der Waals surface area (Å²) in [6, 6.07) is 0.534. The van der Waals surface area contributed by atoms with Crippen LogP contribution in [0.1, 0.15) is 18.4 Å². The van der Waals surface area contributed by atoms with Crippen molar-refractivity contribution in [2.75, 3.05) is 32.1 Å². The van der Waals surface area contributed by atoms with Crippen molar-refractivity contribution in [3.8, 4) is 0 Å². The molecule has 2 rings (SSSR count). The smallest absolute Gasteiger partial charge is 0.205 e. The molecule has 1 unspecified atom stereocenters. The van der Waals surface area contributed by atoms with Crippen molar-refractivity contribution in [1.82, 2.24) is 15.1 Å². The molecule has 1 aliphatic heterocycles. The van der Waals surface area contributed by atoms with Crippen LogP contribution in [0.2, 0.25) is 0 Å². The van der Waals surface area contributed by atoms with Crippen LogP contribution in [0.3, 0.4) is 0 Å². The van der Waals surface area contributed by atoms with Gasteiger partial charge < -0.3 is 10.1 Å². The summed E-state index contributed by atoms with van der Waals surface area (Å²) < 4.78 is 5.37. The molecule has 5 nitrogen and oxygen atoms in total. The molecule has 0 bridgehead atoms. The number of nitrogens with zero attached hydrogens (tertiary/aromatic N) is 3. The summed E-state index contributed by atoms with van der Waals surface area (Å²) in [5.74, 6) is 0. The van der Waals surface area contributed by atoms with E-state index < -0.39 is 0 Å². The molecule has 1 atom stereocenters. The van der Waals surface area contributed by atoms with Crippen molar-refractivity contribution < 1.29 is 4.74 Å². The van der Waals surface area contributed by atoms with E-state index in [4.69, 9.17) is 4.74 Å². The Morgan fingerprint density at radius 1 is 1.56 bits per heavy atom. The average molecular weight is 242 g/mol. The van der Waals surface area contributed by atoms with E-state index in [1.165, 1.54) is 0 Å². The second kappa shape index (κ2) is 5.56. The Hall–Kier alpha value is -0.720. The van der Waals surface area contributed by atoms with Crippen LogP contribution in [0.5, 0.6) is 0 Å². The normalized spacial score (nSPS) is 20.6. The topological polar surface area (TPSA) is 50.3 Å². The molecule has 0 aromatic carbocycles. The lowest BCUT2D eigenvalue weighted by Gasteiger charge is -2.20. The van der Waals surface area contributed by atoms with E-state index in [2.05, 4.69) is 34.4 Å². The molecule has 1 fully saturated rings. The van der Waals surface area contributed by atoms with Crippen molar-refractivity contribution >= 4 is 16.5 Å². The van der Waals surface area contributed by atoms with E-state index in [1.807, 2.05) is 0 Å². The highest BCUT2D eigenvalue weighted by atomic mass is 32.1. The number of hydrogen-bond donors (Lipinski definition) is 1. The SMILES string of the molecule is CCNc1nnc(CN(C)C2CCOC2)s1. The van der Waals surface area contributed by atoms with E-state index in [0.717, 1.165) is 42.9 Å². The quantitative estimate of drug-likeness (QED) is 0.840. The van der Waals surface area contributed by atoms with Gasteiger partial charge in [-0.25, -0.2) is 0 Å². The molecule has 90 valence electrons. The minimum Gasteiger partial charge on any atom is -0.380 e. The van der Waals surface area contributed by atoms with Crippen LogP contribution in [0.15, 0.2) is 0 Å². The van der Waals surface area contributed by atoms with Gasteiger partial charge in [0.25, 0.3) is 0 Å². The highest BCUT2D eigenvalue weighted by Gasteiger charge is 2.21. The molecule has 0 radical (unpaired) electrons. The maximum atomic E-state index is 5.37. The van der Waals surface area contributed by atoms with E-state index in [9.17, 15) is 0 Å². The monoisotopic (exact) mass is 242 g/mol. The van der Waals surface area contributed by atoms with Gasteiger partial charge in [0.05, 0.1) is 13.2 Å². The van der Waals surface area contributed by atoms with Gasteiger partial charge in [-0.3, -0.25) is 4.90 Å². The molecular formula is C10H18N4OS. The molecule has 6 heteroatoms. The number of nitrogens with one attached hydrogen (secondary N) is 1. The number of rotatable bonds is 5. The first kappa shape index (κ1) is 11.8. The summed E-state index contributed by atoms with van der Waals surface area (Å²) in [4.78, 5) is 2.29. The second-order valence-corrected chi connectivity index (χ2v) is 5.03. The first-order valence-electron chi connectivity index (χ1n) is 5.64. The zero-order chi connectivity index (χ0) is 11.4. The molecule has 1 aliphatic rings. The standard InChI is InChI=1S/C10H18N4OS/c1-3-11-10-13-12-9(16-10)6-14(2)8-4-5-15-7-8/h8H,3-7H2,1-2H3,(H,11,13). The summed E-state index contributed by atoms with van der Waals surface area (Å²) in [6.07, 6.45) is 1.12. The van der Waals surface area contributed by atoms with Gasteiger partial charge in [-0.05, 0) is 20.4 Å². The Kier molecular flexibility index (Phi) is 4.09. The lowest BCUT2D eigenvalue weighted by molar-refractivity contribution is 0.156. The number of ether oxygens (including phenoxy) is 1. The Morgan fingerprint density at radius 3 is 3.12 bits per heavy atom. The minimum atomic E-state index is 0.534. The second-order valence-electron chi connectivity index (χ2n) is 3.96. The van der Waals surface area contributed by atoms with Gasteiger partial charge in [0.1, 0.15) is 5.01 Å². The Morgan fingerprint density at radius 2 is 2.44 bits per heavy atom. The third-order valence-corrected chi connectivity index (χ3v) is 3.57. The zero-order valence-corrected chi connectivity index (χ0v) is 10.6. The van der Waals surface area contributed by atoms with E-state index in [-0.39, 0.29) is 0 Å². The first-order chi connectivity index (χ1) is 7.79. The van der Waals surface area contributed by atoms with Crippen LogP contribution >= 0.6 is 11.3 Å². The van der Waals surface area contributed by atoms with Gasteiger partial charge in [0, 0.05) is 19.2 Å². The van der Waals surface area contributed by atoms with Gasteiger partial charge in [-0.1, -0.05) is 11.3 Å². The fourth-order valence-electron chi connectivity index (χ4n) is 1.75. The summed E-state index contributed by atoms with van der Waals surface area (Å²) in [5.41, 5.74) is 0. The van der Waals surface area contributed by atoms with Gasteiger partial charge in [0.2, 0.25) is 5.13 Å². The largest absolute Gasteiger partial charge is 0.380 e. The third kappa shape index (κ3) is 2.90. The molecule has 1 saturated heterocycles. The van der Waals surface area contributed by atoms with Crippen LogP contribution in [-0.2, 0) is 11.3 Å². The van der Waals surface area contributed by atoms with Gasteiger partial charge >= 0.3 is 0 Å². The van der Waals surface area contributed by atoms with Crippen molar-refractivity contribution in [3.63, 3.8) is 0 Å². The number of aromatic nitrogens is 2. The fraction of sp³-hybridized carbons (Fsp3) is 0.800. The number of hydrogen-bond acceptors (Lipinski definition) is 6. The van der Waals surface area contributed by atoms with Crippen LogP contribution in [0.4, 0.5) is 5.13 Å². The lowest BCUT2D eigenvalue weighted by atomic mass is 10.2. The predicted octanol–water partition coefficient (Wildman–Crippen LogP) is 1.19. The molecule has 0 aliphatic carbocycles. The van der Waals surface area contributed by atoms with Crippen molar-refractivity contribution in [2.24, 2.45) is 0 Å². The van der Waals surface area contributed by atoms with Crippen LogP contribution in [0, 0.1) is 0 Å². The number of anilines is 1. The summed E-state index contributed by atoms with van der Waals surface area (Å²) in [6.45, 7) is 5.53. The third-order valence-electron chi connectivity index (χ3n) is 2.71. The van der Waals surface area contributed by atoms with Crippen LogP contribution < -0.4 is 5.32 Å². The molecule has 1 N–H and O–H groups in total. The molecule has 1 aromatic heterocycles. The summed E-state index contributed by atoms with van der Waals surface area (Å²) in [5, 5.41) is 13.4. The van der Waals surface area contributed by atoms with Crippen molar-refractivity contribution in [1.29, 1.82) is 0 Å². The highest BCUT2D eigenvalue weighted by molar-refractivity contribution is 7.15. The Labute approximate surface area is 99.8 Å². The minimum absolute atomic E-state index is 0.534. The van der Waals surface area contributed by atoms with Crippen LogP contribution in [0.25, 0.3) is 0 Å². The zero-order valence-electron chi connectivity index (χ0n) is 9.77. The highest BCUT2D eigenvalue weighted by Crippen LogP contribution is 2.19. The Bertz CT molecular complexity index is 324. The molecule has 0 spiro atoms. The molecule has 0 saturated carbocycles.